The molecule has 1 aromatic rings. The van der Waals surface area contributed by atoms with Crippen molar-refractivity contribution in [2.24, 2.45) is 0 Å². The largest absolute Gasteiger partial charge is 0.313 e. The molecule has 0 bridgehead atoms. The van der Waals surface area contributed by atoms with Crippen molar-refractivity contribution in [1.82, 2.24) is 5.32 Å². The molecule has 90 valence electrons. The van der Waals surface area contributed by atoms with Crippen LogP contribution in [0.5, 0.6) is 0 Å². The van der Waals surface area contributed by atoms with Gasteiger partial charge in [-0.3, -0.25) is 0 Å². The highest BCUT2D eigenvalue weighted by Gasteiger charge is 2.00. The number of rotatable bonds is 7. The molecule has 1 rings (SSSR count). The van der Waals surface area contributed by atoms with Gasteiger partial charge in [0.2, 0.25) is 0 Å². The fraction of sp³-hybridized carbons (Fsp3) is 0.571. The Balaban J connectivity index is 2.26. The first-order valence-electron chi connectivity index (χ1n) is 6.00. The van der Waals surface area contributed by atoms with Gasteiger partial charge in [0.05, 0.1) is 0 Å². The summed E-state index contributed by atoms with van der Waals surface area (Å²) in [5.74, 6) is 1.28. The fourth-order valence-electron chi connectivity index (χ4n) is 1.84. The molecule has 0 saturated heterocycles. The first kappa shape index (κ1) is 13.6. The second-order valence-electron chi connectivity index (χ2n) is 4.25. The fourth-order valence-corrected chi connectivity index (χ4v) is 2.33. The van der Waals surface area contributed by atoms with Crippen molar-refractivity contribution < 1.29 is 0 Å². The van der Waals surface area contributed by atoms with Gasteiger partial charge in [-0.05, 0) is 61.9 Å². The molecule has 16 heavy (non-hydrogen) atoms. The predicted octanol–water partition coefficient (Wildman–Crippen LogP) is 3.54. The molecule has 0 saturated carbocycles. The average Bonchev–Trinajstić information content (AvgIpc) is 2.26. The van der Waals surface area contributed by atoms with Crippen molar-refractivity contribution in [1.29, 1.82) is 0 Å². The van der Waals surface area contributed by atoms with Crippen LogP contribution >= 0.6 is 11.8 Å². The number of benzene rings is 1. The second kappa shape index (κ2) is 7.75. The van der Waals surface area contributed by atoms with Crippen LogP contribution in [-0.4, -0.2) is 18.6 Å². The number of nitrogens with one attached hydrogen (secondary N) is 1. The molecular formula is C14H23NS. The smallest absolute Gasteiger partial charge is 0.0210 e. The van der Waals surface area contributed by atoms with E-state index in [9.17, 15) is 0 Å². The van der Waals surface area contributed by atoms with Gasteiger partial charge in [-0.2, -0.15) is 11.8 Å². The third-order valence-corrected chi connectivity index (χ3v) is 3.60. The molecule has 1 N–H and O–H groups in total. The van der Waals surface area contributed by atoms with E-state index in [1.54, 1.807) is 0 Å². The Labute approximate surface area is 104 Å². The van der Waals surface area contributed by atoms with Gasteiger partial charge in [0.15, 0.2) is 0 Å². The van der Waals surface area contributed by atoms with E-state index in [4.69, 9.17) is 0 Å². The van der Waals surface area contributed by atoms with Crippen LogP contribution in [0.3, 0.4) is 0 Å². The lowest BCUT2D eigenvalue weighted by Gasteiger charge is -2.10. The summed E-state index contributed by atoms with van der Waals surface area (Å²) in [5.41, 5.74) is 4.26. The third-order valence-electron chi connectivity index (χ3n) is 2.90. The average molecular weight is 237 g/mol. The maximum atomic E-state index is 3.53. The van der Waals surface area contributed by atoms with E-state index in [1.807, 2.05) is 11.8 Å². The van der Waals surface area contributed by atoms with Crippen molar-refractivity contribution in [3.8, 4) is 0 Å². The van der Waals surface area contributed by atoms with Crippen LogP contribution in [0.1, 0.15) is 29.5 Å². The molecule has 0 fully saturated rings. The molecule has 0 aliphatic heterocycles. The summed E-state index contributed by atoms with van der Waals surface area (Å²) in [4.78, 5) is 0. The van der Waals surface area contributed by atoms with Crippen LogP contribution in [0, 0.1) is 13.8 Å². The standard InChI is InChI=1S/C14H23NS/c1-12-7-6-8-13(2)14(12)11-15-9-4-5-10-16-3/h6-8,15H,4-5,9-11H2,1-3H3. The normalized spacial score (nSPS) is 10.7. The lowest BCUT2D eigenvalue weighted by Crippen LogP contribution is -2.16. The minimum absolute atomic E-state index is 1.01. The Morgan fingerprint density at radius 2 is 1.81 bits per heavy atom. The molecule has 0 aliphatic carbocycles. The van der Waals surface area contributed by atoms with Crippen LogP contribution in [0.25, 0.3) is 0 Å². The summed E-state index contributed by atoms with van der Waals surface area (Å²) in [5, 5.41) is 3.53. The Bertz CT molecular complexity index is 289. The SMILES string of the molecule is CSCCCCNCc1c(C)cccc1C. The van der Waals surface area contributed by atoms with Crippen molar-refractivity contribution in [2.75, 3.05) is 18.6 Å². The van der Waals surface area contributed by atoms with Crippen molar-refractivity contribution in [2.45, 2.75) is 33.2 Å². The molecule has 0 radical (unpaired) electrons. The quantitative estimate of drug-likeness (QED) is 0.728. The highest BCUT2D eigenvalue weighted by molar-refractivity contribution is 7.98. The van der Waals surface area contributed by atoms with Crippen LogP contribution in [-0.2, 0) is 6.54 Å². The monoisotopic (exact) mass is 237 g/mol. The number of hydrogen-bond donors (Lipinski definition) is 1. The highest BCUT2D eigenvalue weighted by atomic mass is 32.2. The molecule has 1 nitrogen and oxygen atoms in total. The maximum absolute atomic E-state index is 3.53. The van der Waals surface area contributed by atoms with E-state index < -0.39 is 0 Å². The Hall–Kier alpha value is -0.470. The van der Waals surface area contributed by atoms with Crippen LogP contribution < -0.4 is 5.32 Å². The highest BCUT2D eigenvalue weighted by Crippen LogP contribution is 2.12. The lowest BCUT2D eigenvalue weighted by atomic mass is 10.0. The van der Waals surface area contributed by atoms with E-state index >= 15 is 0 Å². The van der Waals surface area contributed by atoms with Gasteiger partial charge in [-0.1, -0.05) is 18.2 Å². The number of aryl methyl sites for hydroxylation is 2. The minimum atomic E-state index is 1.01. The number of hydrogen-bond acceptors (Lipinski definition) is 2. The van der Waals surface area contributed by atoms with E-state index in [2.05, 4.69) is 43.6 Å². The zero-order chi connectivity index (χ0) is 11.8. The molecule has 0 spiro atoms. The topological polar surface area (TPSA) is 12.0 Å². The summed E-state index contributed by atoms with van der Waals surface area (Å²) in [7, 11) is 0. The van der Waals surface area contributed by atoms with Gasteiger partial charge in [0.1, 0.15) is 0 Å². The van der Waals surface area contributed by atoms with Gasteiger partial charge in [0, 0.05) is 6.54 Å². The van der Waals surface area contributed by atoms with Gasteiger partial charge >= 0.3 is 0 Å². The summed E-state index contributed by atoms with van der Waals surface area (Å²) in [6, 6.07) is 6.52. The van der Waals surface area contributed by atoms with E-state index in [0.717, 1.165) is 13.1 Å². The molecule has 0 aliphatic rings. The molecule has 0 heterocycles. The van der Waals surface area contributed by atoms with Gasteiger partial charge in [0.25, 0.3) is 0 Å². The van der Waals surface area contributed by atoms with E-state index in [-0.39, 0.29) is 0 Å². The Morgan fingerprint density at radius 1 is 1.12 bits per heavy atom. The molecule has 2 heteroatoms. The predicted molar refractivity (Wildman–Crippen MR) is 75.2 cm³/mol. The number of unbranched alkanes of at least 4 members (excludes halogenated alkanes) is 1. The van der Waals surface area contributed by atoms with Crippen molar-refractivity contribution in [3.05, 3.63) is 34.9 Å². The molecule has 0 aromatic heterocycles. The third kappa shape index (κ3) is 4.58. The zero-order valence-electron chi connectivity index (χ0n) is 10.7. The van der Waals surface area contributed by atoms with E-state index in [0.29, 0.717) is 0 Å². The lowest BCUT2D eigenvalue weighted by molar-refractivity contribution is 0.640. The first-order chi connectivity index (χ1) is 7.75. The molecule has 0 amide bonds. The van der Waals surface area contributed by atoms with Gasteiger partial charge < -0.3 is 5.32 Å². The van der Waals surface area contributed by atoms with Crippen LogP contribution in [0.15, 0.2) is 18.2 Å². The minimum Gasteiger partial charge on any atom is -0.313 e. The van der Waals surface area contributed by atoms with Gasteiger partial charge in [-0.15, -0.1) is 0 Å². The van der Waals surface area contributed by atoms with Gasteiger partial charge in [-0.25, -0.2) is 0 Å². The summed E-state index contributed by atoms with van der Waals surface area (Å²) < 4.78 is 0. The summed E-state index contributed by atoms with van der Waals surface area (Å²) in [6.45, 7) is 6.53. The number of thioether (sulfide) groups is 1. The van der Waals surface area contributed by atoms with Crippen molar-refractivity contribution >= 4 is 11.8 Å². The Kier molecular flexibility index (Phi) is 6.58. The summed E-state index contributed by atoms with van der Waals surface area (Å²) in [6.07, 6.45) is 4.77. The molecule has 0 atom stereocenters. The Morgan fingerprint density at radius 3 is 2.44 bits per heavy atom. The zero-order valence-corrected chi connectivity index (χ0v) is 11.5. The maximum Gasteiger partial charge on any atom is 0.0210 e. The second-order valence-corrected chi connectivity index (χ2v) is 5.23. The van der Waals surface area contributed by atoms with Crippen LogP contribution in [0.2, 0.25) is 0 Å². The first-order valence-corrected chi connectivity index (χ1v) is 7.40. The van der Waals surface area contributed by atoms with E-state index in [1.165, 1.54) is 35.3 Å². The molecule has 1 aromatic carbocycles. The van der Waals surface area contributed by atoms with Crippen molar-refractivity contribution in [3.63, 3.8) is 0 Å². The van der Waals surface area contributed by atoms with Crippen LogP contribution in [0.4, 0.5) is 0 Å². The summed E-state index contributed by atoms with van der Waals surface area (Å²) >= 11 is 1.93. The molecular weight excluding hydrogens is 214 g/mol. The molecule has 0 unspecified atom stereocenters.